The van der Waals surface area contributed by atoms with Gasteiger partial charge in [0.15, 0.2) is 6.61 Å². The summed E-state index contributed by atoms with van der Waals surface area (Å²) >= 11 is 0. The molecule has 24 heavy (non-hydrogen) atoms. The van der Waals surface area contributed by atoms with Crippen LogP contribution in [0.3, 0.4) is 0 Å². The lowest BCUT2D eigenvalue weighted by molar-refractivity contribution is -0.125. The smallest absolute Gasteiger partial charge is 0.338 e. The van der Waals surface area contributed by atoms with Crippen LogP contribution in [0.1, 0.15) is 53.3 Å². The van der Waals surface area contributed by atoms with E-state index in [-0.39, 0.29) is 24.1 Å². The molecule has 0 heterocycles. The fraction of sp³-hybridized carbons (Fsp3) is 0.500. The number of carbonyl (C=O) groups excluding carboxylic acids is 3. The number of rotatable bonds is 5. The van der Waals surface area contributed by atoms with Crippen LogP contribution in [0.15, 0.2) is 24.3 Å². The van der Waals surface area contributed by atoms with Crippen molar-refractivity contribution in [2.75, 3.05) is 13.7 Å². The van der Waals surface area contributed by atoms with Crippen molar-refractivity contribution < 1.29 is 23.9 Å². The normalized spacial score (nSPS) is 20.1. The van der Waals surface area contributed by atoms with Gasteiger partial charge in [-0.25, -0.2) is 9.59 Å². The van der Waals surface area contributed by atoms with Crippen molar-refractivity contribution in [2.24, 2.45) is 5.92 Å². The molecule has 1 fully saturated rings. The zero-order chi connectivity index (χ0) is 17.5. The van der Waals surface area contributed by atoms with Gasteiger partial charge >= 0.3 is 11.9 Å². The van der Waals surface area contributed by atoms with Gasteiger partial charge in [0, 0.05) is 6.04 Å². The number of esters is 2. The van der Waals surface area contributed by atoms with Crippen LogP contribution in [-0.2, 0) is 14.3 Å². The summed E-state index contributed by atoms with van der Waals surface area (Å²) in [6.45, 7) is 1.82. The second-order valence-corrected chi connectivity index (χ2v) is 6.08. The van der Waals surface area contributed by atoms with Gasteiger partial charge in [0.05, 0.1) is 18.2 Å². The molecule has 0 aromatic heterocycles. The number of hydrogen-bond donors (Lipinski definition) is 1. The topological polar surface area (TPSA) is 81.7 Å². The van der Waals surface area contributed by atoms with Crippen LogP contribution in [0.25, 0.3) is 0 Å². The Bertz CT molecular complexity index is 596. The maximum absolute atomic E-state index is 11.9. The number of benzene rings is 1. The predicted octanol–water partition coefficient (Wildman–Crippen LogP) is 2.32. The third-order valence-electron chi connectivity index (χ3n) is 4.33. The minimum atomic E-state index is -0.599. The lowest BCUT2D eigenvalue weighted by Gasteiger charge is -2.29. The summed E-state index contributed by atoms with van der Waals surface area (Å²) < 4.78 is 9.61. The largest absolute Gasteiger partial charge is 0.465 e. The second-order valence-electron chi connectivity index (χ2n) is 6.08. The Hall–Kier alpha value is -2.37. The number of nitrogens with one attached hydrogen (secondary N) is 1. The molecule has 1 N–H and O–H groups in total. The van der Waals surface area contributed by atoms with Crippen LogP contribution in [0.5, 0.6) is 0 Å². The first-order valence-corrected chi connectivity index (χ1v) is 8.16. The molecule has 1 aromatic carbocycles. The Morgan fingerprint density at radius 2 is 1.62 bits per heavy atom. The van der Waals surface area contributed by atoms with Gasteiger partial charge in [-0.05, 0) is 43.0 Å². The highest BCUT2D eigenvalue weighted by molar-refractivity contribution is 5.94. The summed E-state index contributed by atoms with van der Waals surface area (Å²) in [5.74, 6) is -0.910. The van der Waals surface area contributed by atoms with Gasteiger partial charge in [-0.2, -0.15) is 0 Å². The van der Waals surface area contributed by atoms with Crippen molar-refractivity contribution in [3.05, 3.63) is 35.4 Å². The molecule has 1 aromatic rings. The minimum Gasteiger partial charge on any atom is -0.465 e. The Labute approximate surface area is 141 Å². The van der Waals surface area contributed by atoms with Crippen LogP contribution in [-0.4, -0.2) is 37.6 Å². The van der Waals surface area contributed by atoms with Crippen molar-refractivity contribution in [3.63, 3.8) is 0 Å². The van der Waals surface area contributed by atoms with Crippen molar-refractivity contribution in [1.29, 1.82) is 0 Å². The molecule has 6 nitrogen and oxygen atoms in total. The van der Waals surface area contributed by atoms with E-state index in [4.69, 9.17) is 4.74 Å². The lowest BCUT2D eigenvalue weighted by atomic mass is 9.86. The van der Waals surface area contributed by atoms with E-state index in [9.17, 15) is 14.4 Å². The summed E-state index contributed by atoms with van der Waals surface area (Å²) in [4.78, 5) is 35.2. The zero-order valence-electron chi connectivity index (χ0n) is 14.0. The monoisotopic (exact) mass is 333 g/mol. The van der Waals surface area contributed by atoms with Gasteiger partial charge in [0.25, 0.3) is 5.91 Å². The molecule has 0 saturated heterocycles. The van der Waals surface area contributed by atoms with Crippen molar-refractivity contribution >= 4 is 17.8 Å². The van der Waals surface area contributed by atoms with Crippen LogP contribution in [0.2, 0.25) is 0 Å². The maximum atomic E-state index is 11.9. The van der Waals surface area contributed by atoms with E-state index in [1.54, 1.807) is 0 Å². The number of carbonyl (C=O) groups is 3. The summed E-state index contributed by atoms with van der Waals surface area (Å²) in [6.07, 6.45) is 4.39. The van der Waals surface area contributed by atoms with E-state index < -0.39 is 11.9 Å². The van der Waals surface area contributed by atoms with E-state index in [0.29, 0.717) is 11.5 Å². The van der Waals surface area contributed by atoms with Gasteiger partial charge in [0.1, 0.15) is 0 Å². The molecule has 0 bridgehead atoms. The molecule has 0 radical (unpaired) electrons. The highest BCUT2D eigenvalue weighted by Crippen LogP contribution is 2.23. The number of hydrogen-bond acceptors (Lipinski definition) is 5. The van der Waals surface area contributed by atoms with E-state index >= 15 is 0 Å². The van der Waals surface area contributed by atoms with Crippen LogP contribution < -0.4 is 5.32 Å². The Morgan fingerprint density at radius 1 is 1.04 bits per heavy atom. The van der Waals surface area contributed by atoms with Crippen LogP contribution in [0.4, 0.5) is 0 Å². The Kier molecular flexibility index (Phi) is 6.35. The standard InChI is InChI=1S/C18H23NO5/c1-12-5-3-4-6-15(12)19-16(20)11-24-18(22)14-9-7-13(8-10-14)17(21)23-2/h7-10,12,15H,3-6,11H2,1-2H3,(H,19,20)/t12-,15+/m1/s1. The molecule has 2 rings (SSSR count). The van der Waals surface area contributed by atoms with Crippen molar-refractivity contribution in [3.8, 4) is 0 Å². The Balaban J connectivity index is 1.81. The SMILES string of the molecule is COC(=O)c1ccc(C(=O)OCC(=O)N[C@H]2CCCC[C@H]2C)cc1. The Morgan fingerprint density at radius 3 is 2.21 bits per heavy atom. The average Bonchev–Trinajstić information content (AvgIpc) is 2.61. The quantitative estimate of drug-likeness (QED) is 0.836. The number of ether oxygens (including phenoxy) is 2. The number of amides is 1. The molecule has 1 aliphatic carbocycles. The van der Waals surface area contributed by atoms with Gasteiger partial charge in [-0.15, -0.1) is 0 Å². The molecule has 130 valence electrons. The lowest BCUT2D eigenvalue weighted by Crippen LogP contribution is -2.42. The molecule has 1 amide bonds. The molecule has 6 heteroatoms. The van der Waals surface area contributed by atoms with Gasteiger partial charge in [0.2, 0.25) is 0 Å². The molecular formula is C18H23NO5. The fourth-order valence-electron chi connectivity index (χ4n) is 2.85. The van der Waals surface area contributed by atoms with E-state index in [1.807, 2.05) is 0 Å². The summed E-state index contributed by atoms with van der Waals surface area (Å²) in [6, 6.07) is 6.05. The summed E-state index contributed by atoms with van der Waals surface area (Å²) in [5, 5.41) is 2.93. The first-order chi connectivity index (χ1) is 11.5. The third kappa shape index (κ3) is 4.81. The van der Waals surface area contributed by atoms with Crippen LogP contribution >= 0.6 is 0 Å². The predicted molar refractivity (Wildman–Crippen MR) is 87.6 cm³/mol. The van der Waals surface area contributed by atoms with Gasteiger partial charge in [-0.1, -0.05) is 19.8 Å². The zero-order valence-corrected chi connectivity index (χ0v) is 14.0. The van der Waals surface area contributed by atoms with E-state index in [2.05, 4.69) is 17.0 Å². The highest BCUT2D eigenvalue weighted by atomic mass is 16.5. The number of methoxy groups -OCH3 is 1. The first-order valence-electron chi connectivity index (χ1n) is 8.16. The third-order valence-corrected chi connectivity index (χ3v) is 4.33. The van der Waals surface area contributed by atoms with E-state index in [1.165, 1.54) is 37.8 Å². The first kappa shape index (κ1) is 18.0. The van der Waals surface area contributed by atoms with E-state index in [0.717, 1.165) is 19.3 Å². The van der Waals surface area contributed by atoms with Gasteiger partial charge in [-0.3, -0.25) is 4.79 Å². The fourth-order valence-corrected chi connectivity index (χ4v) is 2.85. The molecular weight excluding hydrogens is 310 g/mol. The minimum absolute atomic E-state index is 0.157. The van der Waals surface area contributed by atoms with Crippen LogP contribution in [0, 0.1) is 5.92 Å². The van der Waals surface area contributed by atoms with Crippen molar-refractivity contribution in [2.45, 2.75) is 38.6 Å². The van der Waals surface area contributed by atoms with Gasteiger partial charge < -0.3 is 14.8 Å². The molecule has 1 saturated carbocycles. The van der Waals surface area contributed by atoms with Crippen molar-refractivity contribution in [1.82, 2.24) is 5.32 Å². The summed E-state index contributed by atoms with van der Waals surface area (Å²) in [5.41, 5.74) is 0.625. The average molecular weight is 333 g/mol. The molecule has 0 spiro atoms. The molecule has 0 aliphatic heterocycles. The maximum Gasteiger partial charge on any atom is 0.338 e. The molecule has 2 atom stereocenters. The highest BCUT2D eigenvalue weighted by Gasteiger charge is 2.23. The second kappa shape index (κ2) is 8.47. The summed E-state index contributed by atoms with van der Waals surface area (Å²) in [7, 11) is 1.29. The molecule has 1 aliphatic rings. The molecule has 0 unspecified atom stereocenters.